The lowest BCUT2D eigenvalue weighted by atomic mass is 10.1. The number of phenolic OH excluding ortho intramolecular Hbond substituents is 2. The van der Waals surface area contributed by atoms with Crippen LogP contribution < -0.4 is 15.3 Å². The first-order valence-corrected chi connectivity index (χ1v) is 13.7. The summed E-state index contributed by atoms with van der Waals surface area (Å²) < 4.78 is 56.8. The Morgan fingerprint density at radius 3 is 1.41 bits per heavy atom. The smallest absolute Gasteiger partial charge is 0.261 e. The fourth-order valence-electron chi connectivity index (χ4n) is 4.09. The van der Waals surface area contributed by atoms with Gasteiger partial charge in [0.2, 0.25) is 0 Å². The lowest BCUT2D eigenvalue weighted by molar-refractivity contribution is 0.475. The Morgan fingerprint density at radius 2 is 1.03 bits per heavy atom. The second-order valence-electron chi connectivity index (χ2n) is 8.20. The monoisotopic (exact) mass is 536 g/mol. The summed E-state index contributed by atoms with van der Waals surface area (Å²) in [6, 6.07) is 20.3. The van der Waals surface area contributed by atoms with Crippen molar-refractivity contribution in [3.63, 3.8) is 0 Å². The van der Waals surface area contributed by atoms with Gasteiger partial charge in [-0.3, -0.25) is 9.44 Å². The third-order valence-electron chi connectivity index (χ3n) is 5.73. The van der Waals surface area contributed by atoms with Crippen LogP contribution >= 0.6 is 0 Å². The van der Waals surface area contributed by atoms with Gasteiger partial charge < -0.3 is 16.1 Å². The lowest BCUT2D eigenvalue weighted by Gasteiger charge is -2.10. The topological polar surface area (TPSA) is 171 Å². The highest BCUT2D eigenvalue weighted by Gasteiger charge is 2.29. The van der Waals surface area contributed by atoms with E-state index in [-0.39, 0.29) is 38.4 Å². The molecule has 0 atom stereocenters. The van der Waals surface area contributed by atoms with Crippen LogP contribution in [0.4, 0.5) is 11.4 Å². The van der Waals surface area contributed by atoms with Gasteiger partial charge in [0.25, 0.3) is 20.0 Å². The molecule has 0 saturated carbocycles. The summed E-state index contributed by atoms with van der Waals surface area (Å²) in [7, 11) is -8.05. The predicted molar refractivity (Wildman–Crippen MR) is 140 cm³/mol. The molecule has 4 aromatic rings. The van der Waals surface area contributed by atoms with Gasteiger partial charge in [-0.05, 0) is 59.7 Å². The molecule has 0 unspecified atom stereocenters. The maximum absolute atomic E-state index is 13.0. The van der Waals surface area contributed by atoms with Crippen molar-refractivity contribution >= 4 is 37.1 Å². The van der Waals surface area contributed by atoms with Gasteiger partial charge in [0, 0.05) is 23.3 Å². The molecule has 6 N–H and O–H groups in total. The van der Waals surface area contributed by atoms with E-state index in [4.69, 9.17) is 5.84 Å². The van der Waals surface area contributed by atoms with Crippen LogP contribution in [0.3, 0.4) is 0 Å². The number of anilines is 2. The molecule has 0 heterocycles. The first-order valence-electron chi connectivity index (χ1n) is 10.8. The number of aromatic hydroxyl groups is 2. The van der Waals surface area contributed by atoms with E-state index in [1.54, 1.807) is 12.1 Å². The number of hydrogen-bond acceptors (Lipinski definition) is 8. The molecular weight excluding hydrogens is 516 g/mol. The SMILES string of the molecule is NN=C1c2cc(S(=O)(=O)Nc3cccc(O)c3)ccc2-c2ccc(S(=O)(=O)Nc3cccc(O)c3)cc21. The van der Waals surface area contributed by atoms with Gasteiger partial charge in [-0.1, -0.05) is 24.3 Å². The van der Waals surface area contributed by atoms with Crippen molar-refractivity contribution in [1.82, 2.24) is 0 Å². The van der Waals surface area contributed by atoms with Crippen molar-refractivity contribution in [2.24, 2.45) is 10.9 Å². The number of hydrogen-bond donors (Lipinski definition) is 5. The maximum atomic E-state index is 13.0. The number of phenols is 2. The molecule has 5 rings (SSSR count). The molecular formula is C25H20N4O6S2. The molecule has 0 aliphatic heterocycles. The molecule has 0 bridgehead atoms. The zero-order chi connectivity index (χ0) is 26.4. The van der Waals surface area contributed by atoms with E-state index in [9.17, 15) is 27.0 Å². The van der Waals surface area contributed by atoms with Crippen LogP contribution in [0.25, 0.3) is 11.1 Å². The molecule has 0 radical (unpaired) electrons. The third kappa shape index (κ3) is 4.55. The lowest BCUT2D eigenvalue weighted by Crippen LogP contribution is -2.14. The van der Waals surface area contributed by atoms with Gasteiger partial charge in [-0.25, -0.2) is 16.8 Å². The molecule has 0 aromatic heterocycles. The molecule has 0 spiro atoms. The van der Waals surface area contributed by atoms with Crippen molar-refractivity contribution in [2.45, 2.75) is 9.79 Å². The summed E-state index contributed by atoms with van der Waals surface area (Å²) in [5.74, 6) is 5.48. The van der Waals surface area contributed by atoms with E-state index >= 15 is 0 Å². The van der Waals surface area contributed by atoms with E-state index in [2.05, 4.69) is 14.5 Å². The van der Waals surface area contributed by atoms with Crippen LogP contribution in [0.1, 0.15) is 11.1 Å². The number of fused-ring (bicyclic) bond motifs is 3. The number of nitrogens with two attached hydrogens (primary N) is 1. The summed E-state index contributed by atoms with van der Waals surface area (Å²) in [6.07, 6.45) is 0. The zero-order valence-electron chi connectivity index (χ0n) is 19.0. The summed E-state index contributed by atoms with van der Waals surface area (Å²) >= 11 is 0. The second-order valence-corrected chi connectivity index (χ2v) is 11.6. The van der Waals surface area contributed by atoms with Crippen LogP contribution in [-0.4, -0.2) is 32.8 Å². The van der Waals surface area contributed by atoms with Crippen molar-refractivity contribution < 1.29 is 27.0 Å². The summed E-state index contributed by atoms with van der Waals surface area (Å²) in [5.41, 5.74) is 2.73. The van der Waals surface area contributed by atoms with E-state index in [0.29, 0.717) is 22.3 Å². The number of benzene rings is 4. The van der Waals surface area contributed by atoms with Crippen LogP contribution in [0.5, 0.6) is 11.5 Å². The predicted octanol–water partition coefficient (Wildman–Crippen LogP) is 3.39. The Labute approximate surface area is 212 Å². The van der Waals surface area contributed by atoms with Gasteiger partial charge in [-0.15, -0.1) is 0 Å². The molecule has 1 aliphatic rings. The highest BCUT2D eigenvalue weighted by molar-refractivity contribution is 7.93. The Hall–Kier alpha value is -4.55. The van der Waals surface area contributed by atoms with E-state index in [1.807, 2.05) is 0 Å². The zero-order valence-corrected chi connectivity index (χ0v) is 20.6. The Balaban J connectivity index is 1.50. The van der Waals surface area contributed by atoms with Crippen molar-refractivity contribution in [3.8, 4) is 22.6 Å². The van der Waals surface area contributed by atoms with Gasteiger partial charge in [-0.2, -0.15) is 5.10 Å². The van der Waals surface area contributed by atoms with E-state index in [1.165, 1.54) is 72.8 Å². The Bertz CT molecular complexity index is 1670. The minimum Gasteiger partial charge on any atom is -0.508 e. The summed E-state index contributed by atoms with van der Waals surface area (Å²) in [6.45, 7) is 0. The second kappa shape index (κ2) is 8.84. The molecule has 1 aliphatic carbocycles. The molecule has 4 aromatic carbocycles. The van der Waals surface area contributed by atoms with Crippen molar-refractivity contribution in [2.75, 3.05) is 9.44 Å². The van der Waals surface area contributed by atoms with Gasteiger partial charge >= 0.3 is 0 Å². The number of hydrazone groups is 1. The average Bonchev–Trinajstić information content (AvgIpc) is 3.16. The molecule has 0 fully saturated rings. The minimum absolute atomic E-state index is 0.0676. The van der Waals surface area contributed by atoms with Gasteiger partial charge in [0.15, 0.2) is 0 Å². The molecule has 188 valence electrons. The third-order valence-corrected chi connectivity index (χ3v) is 8.49. The molecule has 0 amide bonds. The summed E-state index contributed by atoms with van der Waals surface area (Å²) in [5, 5.41) is 23.1. The quantitative estimate of drug-likeness (QED) is 0.163. The highest BCUT2D eigenvalue weighted by Crippen LogP contribution is 2.39. The van der Waals surface area contributed by atoms with Crippen molar-refractivity contribution in [3.05, 3.63) is 96.1 Å². The number of nitrogens with zero attached hydrogens (tertiary/aromatic N) is 1. The number of nitrogens with one attached hydrogen (secondary N) is 2. The summed E-state index contributed by atoms with van der Waals surface area (Å²) in [4.78, 5) is -0.135. The van der Waals surface area contributed by atoms with Crippen LogP contribution in [0.2, 0.25) is 0 Å². The standard InChI is InChI=1S/C25H20N4O6S2/c26-27-25-23-13-19(36(32,33)28-15-3-1-5-17(30)11-15)7-9-21(23)22-10-8-20(14-24(22)25)37(34,35)29-16-4-2-6-18(31)12-16/h1-14,28-31H,26H2. The first-order chi connectivity index (χ1) is 17.6. The molecule has 0 saturated heterocycles. The Morgan fingerprint density at radius 1 is 0.595 bits per heavy atom. The van der Waals surface area contributed by atoms with Crippen LogP contribution in [0, 0.1) is 0 Å². The number of rotatable bonds is 6. The highest BCUT2D eigenvalue weighted by atomic mass is 32.2. The fraction of sp³-hybridized carbons (Fsp3) is 0. The maximum Gasteiger partial charge on any atom is 0.261 e. The van der Waals surface area contributed by atoms with Crippen LogP contribution in [-0.2, 0) is 20.0 Å². The van der Waals surface area contributed by atoms with E-state index < -0.39 is 20.0 Å². The normalized spacial score (nSPS) is 12.5. The molecule has 10 nitrogen and oxygen atoms in total. The average molecular weight is 537 g/mol. The van der Waals surface area contributed by atoms with Crippen molar-refractivity contribution in [1.29, 1.82) is 0 Å². The minimum atomic E-state index is -4.02. The van der Waals surface area contributed by atoms with Gasteiger partial charge in [0.1, 0.15) is 11.5 Å². The largest absolute Gasteiger partial charge is 0.508 e. The molecule has 37 heavy (non-hydrogen) atoms. The first kappa shape index (κ1) is 24.2. The van der Waals surface area contributed by atoms with Crippen LogP contribution in [0.15, 0.2) is 99.8 Å². The van der Waals surface area contributed by atoms with E-state index in [0.717, 1.165) is 0 Å². The fourth-order valence-corrected chi connectivity index (χ4v) is 6.24. The Kier molecular flexibility index (Phi) is 5.77. The molecule has 12 heteroatoms. The number of sulfonamides is 2. The van der Waals surface area contributed by atoms with Gasteiger partial charge in [0.05, 0.1) is 26.9 Å².